The number of hydrogen-bond donors (Lipinski definition) is 7. The highest BCUT2D eigenvalue weighted by Crippen LogP contribution is 2.15. The number of benzene rings is 1. The molecule has 0 spiro atoms. The van der Waals surface area contributed by atoms with E-state index < -0.39 is 75.6 Å². The van der Waals surface area contributed by atoms with Crippen molar-refractivity contribution in [2.24, 2.45) is 22.4 Å². The number of rotatable bonds is 9. The number of nitrogens with one attached hydrogen (secondary N) is 4. The largest absolute Gasteiger partial charge is 0.370 e. The van der Waals surface area contributed by atoms with E-state index in [-0.39, 0.29) is 31.9 Å². The standard InChI is InChI=1S/C27H44N8O7S/c1-16(2)22-25(38)33-19(11-8-12-30-27(28)29)23(36)31-14-17(3)32-21(15-43(40,41)42)24(37)34-20(26(39)35(22)4)13-18-9-6-5-7-10-18/h5-7,9-10,16-17,19-22,32H,8,11-15H2,1-4H3,(H,31,36)(H,33,38)(H,34,37)(H4,28,29,30)(H,40,41,42). The van der Waals surface area contributed by atoms with Gasteiger partial charge in [0.05, 0.1) is 5.75 Å². The summed E-state index contributed by atoms with van der Waals surface area (Å²) in [4.78, 5) is 59.2. The molecule has 15 nitrogen and oxygen atoms in total. The number of nitrogens with two attached hydrogens (primary N) is 2. The highest BCUT2D eigenvalue weighted by Gasteiger charge is 2.37. The normalized spacial score (nSPS) is 24.8. The molecule has 5 unspecified atom stereocenters. The molecule has 0 bridgehead atoms. The second-order valence-corrected chi connectivity index (χ2v) is 12.5. The Kier molecular flexibility index (Phi) is 13.3. The van der Waals surface area contributed by atoms with E-state index in [1.807, 2.05) is 0 Å². The minimum atomic E-state index is -4.62. The molecule has 0 aromatic heterocycles. The molecule has 1 aliphatic rings. The predicted octanol–water partition coefficient (Wildman–Crippen LogP) is -1.90. The van der Waals surface area contributed by atoms with E-state index in [9.17, 15) is 32.1 Å². The molecular weight excluding hydrogens is 580 g/mol. The van der Waals surface area contributed by atoms with Crippen LogP contribution in [0.3, 0.4) is 0 Å². The van der Waals surface area contributed by atoms with Crippen LogP contribution in [0.25, 0.3) is 0 Å². The van der Waals surface area contributed by atoms with Gasteiger partial charge in [0, 0.05) is 32.6 Å². The summed E-state index contributed by atoms with van der Waals surface area (Å²) in [5, 5.41) is 10.9. The fraction of sp³-hybridized carbons (Fsp3) is 0.593. The van der Waals surface area contributed by atoms with Crippen LogP contribution >= 0.6 is 0 Å². The van der Waals surface area contributed by atoms with Crippen LogP contribution in [-0.2, 0) is 35.7 Å². The first-order chi connectivity index (χ1) is 20.1. The highest BCUT2D eigenvalue weighted by molar-refractivity contribution is 7.85. The molecule has 240 valence electrons. The van der Waals surface area contributed by atoms with Crippen molar-refractivity contribution >= 4 is 39.7 Å². The molecule has 0 radical (unpaired) electrons. The summed E-state index contributed by atoms with van der Waals surface area (Å²) in [5.74, 6) is -4.02. The average molecular weight is 625 g/mol. The van der Waals surface area contributed by atoms with Crippen LogP contribution in [0.1, 0.15) is 39.2 Å². The number of hydrogen-bond acceptors (Lipinski definition) is 8. The Bertz CT molecular complexity index is 1260. The van der Waals surface area contributed by atoms with Gasteiger partial charge >= 0.3 is 0 Å². The van der Waals surface area contributed by atoms with Gasteiger partial charge in [0.15, 0.2) is 5.96 Å². The van der Waals surface area contributed by atoms with Gasteiger partial charge in [0.25, 0.3) is 10.1 Å². The van der Waals surface area contributed by atoms with Crippen molar-refractivity contribution in [3.05, 3.63) is 35.9 Å². The summed E-state index contributed by atoms with van der Waals surface area (Å²) < 4.78 is 33.1. The van der Waals surface area contributed by atoms with Gasteiger partial charge in [-0.25, -0.2) is 0 Å². The highest BCUT2D eigenvalue weighted by atomic mass is 32.2. The molecular formula is C27H44N8O7S. The van der Waals surface area contributed by atoms with Gasteiger partial charge in [-0.15, -0.1) is 0 Å². The van der Waals surface area contributed by atoms with E-state index in [2.05, 4.69) is 26.3 Å². The quantitative estimate of drug-likeness (QED) is 0.0697. The summed E-state index contributed by atoms with van der Waals surface area (Å²) >= 11 is 0. The molecule has 43 heavy (non-hydrogen) atoms. The Balaban J connectivity index is 2.52. The fourth-order valence-corrected chi connectivity index (χ4v) is 5.52. The zero-order chi connectivity index (χ0) is 32.3. The van der Waals surface area contributed by atoms with Crippen LogP contribution in [0, 0.1) is 5.92 Å². The van der Waals surface area contributed by atoms with Crippen LogP contribution in [-0.4, -0.2) is 104 Å². The summed E-state index contributed by atoms with van der Waals surface area (Å²) in [5.41, 5.74) is 11.5. The number of carbonyl (C=O) groups excluding carboxylic acids is 4. The van der Waals surface area contributed by atoms with Crippen LogP contribution < -0.4 is 32.7 Å². The molecule has 1 aromatic carbocycles. The van der Waals surface area contributed by atoms with E-state index in [4.69, 9.17) is 11.5 Å². The molecule has 16 heteroatoms. The first-order valence-corrected chi connectivity index (χ1v) is 15.7. The molecule has 4 amide bonds. The fourth-order valence-electron chi connectivity index (χ4n) is 4.85. The summed E-state index contributed by atoms with van der Waals surface area (Å²) in [6.45, 7) is 5.26. The molecule has 0 aliphatic carbocycles. The molecule has 1 aliphatic heterocycles. The van der Waals surface area contributed by atoms with E-state index >= 15 is 0 Å². The Morgan fingerprint density at radius 1 is 1.02 bits per heavy atom. The number of aliphatic imine (C=N–C) groups is 1. The predicted molar refractivity (Wildman–Crippen MR) is 161 cm³/mol. The number of nitrogens with zero attached hydrogens (tertiary/aromatic N) is 2. The van der Waals surface area contributed by atoms with Gasteiger partial charge in [-0.05, 0) is 31.2 Å². The molecule has 1 heterocycles. The van der Waals surface area contributed by atoms with Gasteiger partial charge in [0.1, 0.15) is 24.2 Å². The van der Waals surface area contributed by atoms with Gasteiger partial charge in [0.2, 0.25) is 23.6 Å². The van der Waals surface area contributed by atoms with Gasteiger partial charge in [-0.2, -0.15) is 8.42 Å². The summed E-state index contributed by atoms with van der Waals surface area (Å²) in [6, 6.07) is 3.54. The van der Waals surface area contributed by atoms with Crippen molar-refractivity contribution in [1.29, 1.82) is 0 Å². The van der Waals surface area contributed by atoms with Gasteiger partial charge in [-0.3, -0.25) is 28.7 Å². The molecule has 1 aromatic rings. The van der Waals surface area contributed by atoms with E-state index in [0.29, 0.717) is 12.0 Å². The lowest BCUT2D eigenvalue weighted by Gasteiger charge is -2.34. The second-order valence-electron chi connectivity index (χ2n) is 11.0. The molecule has 5 atom stereocenters. The smallest absolute Gasteiger partial charge is 0.266 e. The minimum Gasteiger partial charge on any atom is -0.370 e. The molecule has 1 fully saturated rings. The third kappa shape index (κ3) is 11.8. The van der Waals surface area contributed by atoms with Crippen molar-refractivity contribution in [3.63, 3.8) is 0 Å². The van der Waals surface area contributed by atoms with E-state index in [1.54, 1.807) is 51.1 Å². The first kappa shape index (κ1) is 35.4. The SMILES string of the molecule is CC1CNC(=O)C(CCCN=C(N)N)NC(=O)C(C(C)C)N(C)C(=O)C(Cc2ccccc2)NC(=O)C(CS(=O)(=O)O)N1. The molecule has 2 rings (SSSR count). The third-order valence-corrected chi connectivity index (χ3v) is 7.66. The third-order valence-electron chi connectivity index (χ3n) is 6.90. The van der Waals surface area contributed by atoms with E-state index in [1.165, 1.54) is 11.9 Å². The first-order valence-electron chi connectivity index (χ1n) is 14.0. The lowest BCUT2D eigenvalue weighted by molar-refractivity contribution is -0.144. The number of guanidine groups is 1. The zero-order valence-electron chi connectivity index (χ0n) is 24.9. The number of amides is 4. The maximum atomic E-state index is 13.9. The Morgan fingerprint density at radius 3 is 2.23 bits per heavy atom. The minimum absolute atomic E-state index is 0.0454. The van der Waals surface area contributed by atoms with Crippen molar-refractivity contribution in [2.45, 2.75) is 70.2 Å². The van der Waals surface area contributed by atoms with Crippen molar-refractivity contribution in [2.75, 3.05) is 25.9 Å². The topological polar surface area (TPSA) is 238 Å². The van der Waals surface area contributed by atoms with Crippen molar-refractivity contribution < 1.29 is 32.1 Å². The van der Waals surface area contributed by atoms with Crippen molar-refractivity contribution in [1.82, 2.24) is 26.2 Å². The van der Waals surface area contributed by atoms with Crippen molar-refractivity contribution in [3.8, 4) is 0 Å². The number of likely N-dealkylation sites (N-methyl/N-ethyl adjacent to an activating group) is 1. The van der Waals surface area contributed by atoms with Gasteiger partial charge in [-0.1, -0.05) is 44.2 Å². The summed E-state index contributed by atoms with van der Waals surface area (Å²) in [7, 11) is -3.19. The maximum absolute atomic E-state index is 13.9. The summed E-state index contributed by atoms with van der Waals surface area (Å²) in [6.07, 6.45) is 0.587. The lowest BCUT2D eigenvalue weighted by atomic mass is 9.98. The maximum Gasteiger partial charge on any atom is 0.266 e. The zero-order valence-corrected chi connectivity index (χ0v) is 25.8. The van der Waals surface area contributed by atoms with Gasteiger partial charge < -0.3 is 37.6 Å². The van der Waals surface area contributed by atoms with E-state index in [0.717, 1.165) is 0 Å². The lowest BCUT2D eigenvalue weighted by Crippen LogP contribution is -2.60. The number of carbonyl (C=O) groups is 4. The molecule has 9 N–H and O–H groups in total. The monoisotopic (exact) mass is 624 g/mol. The van der Waals surface area contributed by atoms with Crippen LogP contribution in [0.15, 0.2) is 35.3 Å². The average Bonchev–Trinajstić information content (AvgIpc) is 2.91. The van der Waals surface area contributed by atoms with Crippen LogP contribution in [0.2, 0.25) is 0 Å². The second kappa shape index (κ2) is 16.2. The Morgan fingerprint density at radius 2 is 1.65 bits per heavy atom. The van der Waals surface area contributed by atoms with Crippen LogP contribution in [0.5, 0.6) is 0 Å². The van der Waals surface area contributed by atoms with Crippen LogP contribution in [0.4, 0.5) is 0 Å². The Hall–Kier alpha value is -3.76. The molecule has 0 saturated carbocycles. The molecule has 1 saturated heterocycles. The Labute approximate surface area is 252 Å².